The molecule has 4 unspecified atom stereocenters. The third-order valence-corrected chi connectivity index (χ3v) is 4.29. The van der Waals surface area contributed by atoms with Crippen molar-refractivity contribution in [1.82, 2.24) is 4.90 Å². The van der Waals surface area contributed by atoms with Gasteiger partial charge in [0, 0.05) is 24.3 Å². The van der Waals surface area contributed by atoms with Crippen molar-refractivity contribution in [3.8, 4) is 0 Å². The van der Waals surface area contributed by atoms with Gasteiger partial charge in [-0.3, -0.25) is 4.90 Å². The molecule has 0 saturated carbocycles. The van der Waals surface area contributed by atoms with Crippen molar-refractivity contribution in [2.24, 2.45) is 0 Å². The fourth-order valence-corrected chi connectivity index (χ4v) is 2.60. The van der Waals surface area contributed by atoms with Crippen LogP contribution in [0.1, 0.15) is 13.3 Å². The van der Waals surface area contributed by atoms with Crippen LogP contribution < -0.4 is 4.89 Å². The topological polar surface area (TPSA) is 105 Å². The zero-order chi connectivity index (χ0) is 16.3. The third kappa shape index (κ3) is 11.0. The van der Waals surface area contributed by atoms with Crippen molar-refractivity contribution < 1.29 is 29.3 Å². The maximum atomic E-state index is 11.6. The average Bonchev–Trinajstić information content (AvgIpc) is 2.44. The van der Waals surface area contributed by atoms with Crippen molar-refractivity contribution in [2.75, 3.05) is 38.8 Å². The number of rotatable bonds is 13. The number of hydrogen-bond donors (Lipinski definition) is 3. The van der Waals surface area contributed by atoms with Crippen LogP contribution in [0.5, 0.6) is 0 Å². The number of halogens is 2. The van der Waals surface area contributed by atoms with Crippen LogP contribution >= 0.6 is 31.8 Å². The molecule has 0 bridgehead atoms. The van der Waals surface area contributed by atoms with E-state index in [0.717, 1.165) is 0 Å². The van der Waals surface area contributed by atoms with E-state index in [9.17, 15) is 10.00 Å². The van der Waals surface area contributed by atoms with Crippen molar-refractivity contribution >= 4 is 31.8 Å². The van der Waals surface area contributed by atoms with Gasteiger partial charge in [0.15, 0.2) is 0 Å². The van der Waals surface area contributed by atoms with Crippen LogP contribution in [0.15, 0.2) is 0 Å². The Morgan fingerprint density at radius 2 is 1.86 bits per heavy atom. The minimum atomic E-state index is -2.43. The molecule has 128 valence electrons. The Kier molecular flexibility index (Phi) is 13.7. The lowest BCUT2D eigenvalue weighted by Gasteiger charge is -2.33. The van der Waals surface area contributed by atoms with E-state index in [-0.39, 0.29) is 50.6 Å². The van der Waals surface area contributed by atoms with Crippen LogP contribution in [0, 0.1) is 0 Å². The summed E-state index contributed by atoms with van der Waals surface area (Å²) in [6.45, 7) is 1.77. The van der Waals surface area contributed by atoms with Gasteiger partial charge in [0.1, 0.15) is 6.23 Å². The molecule has 7 nitrogen and oxygen atoms in total. The molecule has 0 heterocycles. The minimum absolute atomic E-state index is 0.112. The highest BCUT2D eigenvalue weighted by molar-refractivity contribution is 7.39. The zero-order valence-corrected chi connectivity index (χ0v) is 14.3. The molecule has 0 rings (SSSR count). The monoisotopic (exact) mass is 366 g/mol. The predicted octanol–water partition coefficient (Wildman–Crippen LogP) is -0.163. The van der Waals surface area contributed by atoms with Gasteiger partial charge in [0.25, 0.3) is 0 Å². The van der Waals surface area contributed by atoms with E-state index in [4.69, 9.17) is 42.5 Å². The van der Waals surface area contributed by atoms with Crippen LogP contribution in [0.25, 0.3) is 0 Å². The number of aliphatic hydroxyl groups excluding tert-OH is 3. The van der Waals surface area contributed by atoms with Crippen molar-refractivity contribution in [1.29, 1.82) is 0 Å². The molecule has 0 amide bonds. The van der Waals surface area contributed by atoms with Crippen molar-refractivity contribution in [2.45, 2.75) is 31.1 Å². The molecule has 0 aromatic heterocycles. The first-order valence-electron chi connectivity index (χ1n) is 6.55. The third-order valence-electron chi connectivity index (χ3n) is 2.59. The quantitative estimate of drug-likeness (QED) is 0.236. The standard InChI is InChI=1S/C11H23Cl2NO6P/c1-9(14(2-4-15)3-5-16)20-21(18)19-8-11(17)6-10(13)7-12/h9-11,15-17H,2-8H2,1H3/q-1. The average molecular weight is 367 g/mol. The fourth-order valence-electron chi connectivity index (χ4n) is 1.53. The Balaban J connectivity index is 4.02. The summed E-state index contributed by atoms with van der Waals surface area (Å²) in [7, 11) is -2.43. The second kappa shape index (κ2) is 13.2. The molecule has 21 heavy (non-hydrogen) atoms. The lowest BCUT2D eigenvalue weighted by atomic mass is 10.2. The van der Waals surface area contributed by atoms with Crippen LogP contribution in [0.3, 0.4) is 0 Å². The summed E-state index contributed by atoms with van der Waals surface area (Å²) >= 11 is 11.3. The van der Waals surface area contributed by atoms with Crippen LogP contribution in [0.2, 0.25) is 0 Å². The molecule has 0 aliphatic carbocycles. The lowest BCUT2D eigenvalue weighted by molar-refractivity contribution is -0.215. The normalized spacial score (nSPS) is 17.7. The molecule has 0 aromatic rings. The van der Waals surface area contributed by atoms with Gasteiger partial charge in [0.2, 0.25) is 0 Å². The summed E-state index contributed by atoms with van der Waals surface area (Å²) in [4.78, 5) is 13.2. The molecule has 0 aliphatic heterocycles. The molecule has 0 fully saturated rings. The molecule has 0 spiro atoms. The number of aliphatic hydroxyl groups is 3. The van der Waals surface area contributed by atoms with Gasteiger partial charge >= 0.3 is 0 Å². The second-order valence-corrected chi connectivity index (χ2v) is 6.19. The van der Waals surface area contributed by atoms with Gasteiger partial charge in [-0.1, -0.05) is 0 Å². The summed E-state index contributed by atoms with van der Waals surface area (Å²) in [5.74, 6) is 0.204. The summed E-state index contributed by atoms with van der Waals surface area (Å²) in [5.41, 5.74) is 0. The summed E-state index contributed by atoms with van der Waals surface area (Å²) in [6.07, 6.45) is -1.26. The largest absolute Gasteiger partial charge is 0.786 e. The molecule has 0 aromatic carbocycles. The Bertz CT molecular complexity index is 251. The highest BCUT2D eigenvalue weighted by Crippen LogP contribution is 2.31. The lowest BCUT2D eigenvalue weighted by Crippen LogP contribution is -2.39. The van der Waals surface area contributed by atoms with Crippen LogP contribution in [-0.2, 0) is 9.05 Å². The predicted molar refractivity (Wildman–Crippen MR) is 80.1 cm³/mol. The SMILES string of the molecule is CC(OP([O-])OCC(O)CC(Cl)CCl)N(CCO)CCO. The zero-order valence-electron chi connectivity index (χ0n) is 11.9. The Hall–Kier alpha value is 0.730. The second-order valence-electron chi connectivity index (χ2n) is 4.35. The van der Waals surface area contributed by atoms with E-state index in [1.165, 1.54) is 0 Å². The van der Waals surface area contributed by atoms with Crippen molar-refractivity contribution in [3.05, 3.63) is 0 Å². The maximum Gasteiger partial charge on any atom is 0.113 e. The smallest absolute Gasteiger partial charge is 0.113 e. The number of nitrogens with zero attached hydrogens (tertiary/aromatic N) is 1. The summed E-state index contributed by atoms with van der Waals surface area (Å²) in [6, 6.07) is 0. The number of hydrogen-bond acceptors (Lipinski definition) is 7. The molecule has 4 atom stereocenters. The van der Waals surface area contributed by atoms with E-state index in [1.54, 1.807) is 11.8 Å². The van der Waals surface area contributed by atoms with E-state index >= 15 is 0 Å². The van der Waals surface area contributed by atoms with Gasteiger partial charge in [0.05, 0.1) is 34.5 Å². The maximum absolute atomic E-state index is 11.6. The molecule has 3 N–H and O–H groups in total. The summed E-state index contributed by atoms with van der Waals surface area (Å²) in [5, 5.41) is 27.0. The Labute approximate surface area is 136 Å². The molecule has 0 aliphatic rings. The van der Waals surface area contributed by atoms with Gasteiger partial charge in [-0.05, 0) is 13.3 Å². The molecular formula is C11H23Cl2NO6P-. The Morgan fingerprint density at radius 3 is 2.33 bits per heavy atom. The highest BCUT2D eigenvalue weighted by atomic mass is 35.5. The number of alkyl halides is 2. The Morgan fingerprint density at radius 1 is 1.29 bits per heavy atom. The van der Waals surface area contributed by atoms with E-state index in [0.29, 0.717) is 0 Å². The van der Waals surface area contributed by atoms with Gasteiger partial charge in [-0.25, -0.2) is 0 Å². The minimum Gasteiger partial charge on any atom is -0.786 e. The van der Waals surface area contributed by atoms with Gasteiger partial charge < -0.3 is 29.3 Å². The molecule has 0 saturated heterocycles. The first-order chi connectivity index (χ1) is 9.94. The van der Waals surface area contributed by atoms with Crippen LogP contribution in [-0.4, -0.2) is 76.7 Å². The molecule has 0 radical (unpaired) electrons. The van der Waals surface area contributed by atoms with Gasteiger partial charge in [-0.2, -0.15) is 0 Å². The highest BCUT2D eigenvalue weighted by Gasteiger charge is 2.16. The van der Waals surface area contributed by atoms with Crippen LogP contribution in [0.4, 0.5) is 0 Å². The fraction of sp³-hybridized carbons (Fsp3) is 1.00. The van der Waals surface area contributed by atoms with E-state index in [1.807, 2.05) is 0 Å². The van der Waals surface area contributed by atoms with E-state index in [2.05, 4.69) is 0 Å². The summed E-state index contributed by atoms with van der Waals surface area (Å²) < 4.78 is 10.0. The van der Waals surface area contributed by atoms with E-state index < -0.39 is 20.9 Å². The van der Waals surface area contributed by atoms with Crippen molar-refractivity contribution in [3.63, 3.8) is 0 Å². The first-order valence-corrected chi connectivity index (χ1v) is 8.62. The first kappa shape index (κ1) is 21.7. The van der Waals surface area contributed by atoms with Gasteiger partial charge in [-0.15, -0.1) is 23.2 Å². The molecular weight excluding hydrogens is 344 g/mol. The molecule has 10 heteroatoms.